The molecule has 1 N–H and O–H groups in total. The molecule has 0 aliphatic rings. The Hall–Kier alpha value is -2.97. The number of benzene rings is 4. The van der Waals surface area contributed by atoms with Gasteiger partial charge in [0.25, 0.3) is 10.0 Å². The van der Waals surface area contributed by atoms with Crippen LogP contribution in [0.3, 0.4) is 0 Å². The van der Waals surface area contributed by atoms with Gasteiger partial charge < -0.3 is 5.32 Å². The molecule has 0 fully saturated rings. The van der Waals surface area contributed by atoms with Crippen LogP contribution in [0, 0.1) is 6.92 Å². The van der Waals surface area contributed by atoms with E-state index in [0.29, 0.717) is 27.2 Å². The van der Waals surface area contributed by atoms with Gasteiger partial charge in [-0.05, 0) is 73.2 Å². The topological polar surface area (TPSA) is 66.5 Å². The van der Waals surface area contributed by atoms with E-state index in [9.17, 15) is 13.2 Å². The number of para-hydroxylation sites is 1. The summed E-state index contributed by atoms with van der Waals surface area (Å²) in [5.74, 6) is 0.216. The molecule has 0 heterocycles. The first kappa shape index (κ1) is 27.1. The third-order valence-corrected chi connectivity index (χ3v) is 8.92. The number of carbonyl (C=O) groups excluding carboxylic acids is 1. The number of hydrogen-bond donors (Lipinski definition) is 1. The van der Waals surface area contributed by atoms with Gasteiger partial charge in [0.1, 0.15) is 6.54 Å². The molecule has 4 rings (SSSR count). The number of nitrogens with one attached hydrogen (secondary N) is 1. The molecule has 1 amide bonds. The minimum Gasteiger partial charge on any atom is -0.323 e. The standard InChI is InChI=1S/C28H24Cl2N2O3S2/c1-20-6-16-25(17-7-20)37(34,35)32(24-14-12-23(30)13-15-24)18-28(33)31-26-4-2-3-5-27(26)36-19-21-8-10-22(29)11-9-21/h2-17H,18-19H2,1H3,(H,31,33). The molecule has 4 aromatic rings. The highest BCUT2D eigenvalue weighted by Crippen LogP contribution is 2.31. The van der Waals surface area contributed by atoms with Crippen LogP contribution >= 0.6 is 35.0 Å². The smallest absolute Gasteiger partial charge is 0.264 e. The molecule has 0 radical (unpaired) electrons. The second kappa shape index (κ2) is 12.0. The fourth-order valence-corrected chi connectivity index (χ4v) is 6.15. The summed E-state index contributed by atoms with van der Waals surface area (Å²) in [4.78, 5) is 14.2. The lowest BCUT2D eigenvalue weighted by Gasteiger charge is -2.24. The Balaban J connectivity index is 1.56. The minimum atomic E-state index is -4.02. The Bertz CT molecular complexity index is 1480. The van der Waals surface area contributed by atoms with Gasteiger partial charge >= 0.3 is 0 Å². The van der Waals surface area contributed by atoms with E-state index < -0.39 is 22.5 Å². The number of amides is 1. The summed E-state index contributed by atoms with van der Waals surface area (Å²) in [6.45, 7) is 1.47. The van der Waals surface area contributed by atoms with Gasteiger partial charge in [0.05, 0.1) is 16.3 Å². The summed E-state index contributed by atoms with van der Waals surface area (Å²) in [5.41, 5.74) is 2.97. The Morgan fingerprint density at radius 1 is 0.838 bits per heavy atom. The van der Waals surface area contributed by atoms with Crippen LogP contribution in [0.4, 0.5) is 11.4 Å². The number of anilines is 2. The van der Waals surface area contributed by atoms with Crippen molar-refractivity contribution < 1.29 is 13.2 Å². The maximum Gasteiger partial charge on any atom is 0.264 e. The van der Waals surface area contributed by atoms with Crippen molar-refractivity contribution >= 4 is 62.3 Å². The summed E-state index contributed by atoms with van der Waals surface area (Å²) < 4.78 is 28.2. The summed E-state index contributed by atoms with van der Waals surface area (Å²) in [7, 11) is -4.02. The summed E-state index contributed by atoms with van der Waals surface area (Å²) in [6, 6.07) is 27.9. The second-order valence-electron chi connectivity index (χ2n) is 8.26. The van der Waals surface area contributed by atoms with Crippen LogP contribution in [0.5, 0.6) is 0 Å². The minimum absolute atomic E-state index is 0.0970. The van der Waals surface area contributed by atoms with Crippen LogP contribution in [-0.2, 0) is 20.6 Å². The van der Waals surface area contributed by atoms with Crippen molar-refractivity contribution in [2.24, 2.45) is 0 Å². The number of thioether (sulfide) groups is 1. The number of nitrogens with zero attached hydrogens (tertiary/aromatic N) is 1. The van der Waals surface area contributed by atoms with E-state index in [-0.39, 0.29) is 4.90 Å². The zero-order valence-corrected chi connectivity index (χ0v) is 23.0. The normalized spacial score (nSPS) is 11.2. The summed E-state index contributed by atoms with van der Waals surface area (Å²) in [6.07, 6.45) is 0. The molecule has 37 heavy (non-hydrogen) atoms. The lowest BCUT2D eigenvalue weighted by atomic mass is 10.2. The molecule has 4 aromatic carbocycles. The van der Waals surface area contributed by atoms with Gasteiger partial charge in [-0.2, -0.15) is 0 Å². The molecule has 0 spiro atoms. The van der Waals surface area contributed by atoms with E-state index in [4.69, 9.17) is 23.2 Å². The van der Waals surface area contributed by atoms with E-state index in [0.717, 1.165) is 20.3 Å². The Kier molecular flexibility index (Phi) is 8.82. The zero-order chi connectivity index (χ0) is 26.4. The third-order valence-electron chi connectivity index (χ3n) is 5.48. The highest BCUT2D eigenvalue weighted by molar-refractivity contribution is 7.98. The van der Waals surface area contributed by atoms with E-state index in [2.05, 4.69) is 5.32 Å². The summed E-state index contributed by atoms with van der Waals surface area (Å²) in [5, 5.41) is 4.03. The maximum absolute atomic E-state index is 13.6. The first-order chi connectivity index (χ1) is 17.7. The van der Waals surface area contributed by atoms with Crippen molar-refractivity contribution in [1.29, 1.82) is 0 Å². The fourth-order valence-electron chi connectivity index (χ4n) is 3.52. The van der Waals surface area contributed by atoms with Gasteiger partial charge in [-0.25, -0.2) is 8.42 Å². The largest absolute Gasteiger partial charge is 0.323 e. The zero-order valence-electron chi connectivity index (χ0n) is 19.9. The van der Waals surface area contributed by atoms with Gasteiger partial charge in [-0.1, -0.05) is 65.2 Å². The molecule has 5 nitrogen and oxygen atoms in total. The van der Waals surface area contributed by atoms with Gasteiger partial charge in [0.15, 0.2) is 0 Å². The van der Waals surface area contributed by atoms with Gasteiger partial charge in [0, 0.05) is 20.7 Å². The van der Waals surface area contributed by atoms with Gasteiger partial charge in [0.2, 0.25) is 5.91 Å². The molecule has 0 saturated heterocycles. The molecular formula is C28H24Cl2N2O3S2. The number of aryl methyl sites for hydroxylation is 1. The van der Waals surface area contributed by atoms with E-state index in [1.807, 2.05) is 49.4 Å². The SMILES string of the molecule is Cc1ccc(S(=O)(=O)N(CC(=O)Nc2ccccc2SCc2ccc(Cl)cc2)c2ccc(Cl)cc2)cc1. The van der Waals surface area contributed by atoms with Crippen molar-refractivity contribution in [3.8, 4) is 0 Å². The van der Waals surface area contributed by atoms with Gasteiger partial charge in [-0.3, -0.25) is 9.10 Å². The molecule has 0 aromatic heterocycles. The quantitative estimate of drug-likeness (QED) is 0.212. The number of carbonyl (C=O) groups is 1. The monoisotopic (exact) mass is 570 g/mol. The third kappa shape index (κ3) is 7.08. The fraction of sp³-hybridized carbons (Fsp3) is 0.107. The summed E-state index contributed by atoms with van der Waals surface area (Å²) >= 11 is 13.6. The molecule has 190 valence electrons. The average Bonchev–Trinajstić information content (AvgIpc) is 2.88. The predicted octanol–water partition coefficient (Wildman–Crippen LogP) is 7.43. The van der Waals surface area contributed by atoms with E-state index in [1.54, 1.807) is 54.2 Å². The first-order valence-corrected chi connectivity index (χ1v) is 14.5. The number of hydrogen-bond acceptors (Lipinski definition) is 4. The van der Waals surface area contributed by atoms with Crippen molar-refractivity contribution in [2.75, 3.05) is 16.2 Å². The lowest BCUT2D eigenvalue weighted by Crippen LogP contribution is -2.38. The Morgan fingerprint density at radius 3 is 2.08 bits per heavy atom. The highest BCUT2D eigenvalue weighted by Gasteiger charge is 2.27. The first-order valence-electron chi connectivity index (χ1n) is 11.3. The molecule has 0 saturated carbocycles. The van der Waals surface area contributed by atoms with Crippen molar-refractivity contribution in [1.82, 2.24) is 0 Å². The second-order valence-corrected chi connectivity index (χ2v) is 12.0. The van der Waals surface area contributed by atoms with Crippen LogP contribution in [0.1, 0.15) is 11.1 Å². The molecule has 0 unspecified atom stereocenters. The van der Waals surface area contributed by atoms with Crippen LogP contribution in [-0.4, -0.2) is 20.9 Å². The molecule has 0 bridgehead atoms. The van der Waals surface area contributed by atoms with E-state index in [1.165, 1.54) is 12.1 Å². The average molecular weight is 572 g/mol. The van der Waals surface area contributed by atoms with Crippen LogP contribution in [0.2, 0.25) is 10.0 Å². The van der Waals surface area contributed by atoms with Crippen molar-refractivity contribution in [2.45, 2.75) is 22.5 Å². The maximum atomic E-state index is 13.6. The van der Waals surface area contributed by atoms with Crippen molar-refractivity contribution in [3.05, 3.63) is 118 Å². The Morgan fingerprint density at radius 2 is 1.43 bits per heavy atom. The number of sulfonamides is 1. The molecular weight excluding hydrogens is 547 g/mol. The van der Waals surface area contributed by atoms with E-state index >= 15 is 0 Å². The van der Waals surface area contributed by atoms with Crippen LogP contribution in [0.15, 0.2) is 107 Å². The van der Waals surface area contributed by atoms with Crippen LogP contribution < -0.4 is 9.62 Å². The molecule has 0 aliphatic heterocycles. The number of halogens is 2. The highest BCUT2D eigenvalue weighted by atomic mass is 35.5. The van der Waals surface area contributed by atoms with Crippen LogP contribution in [0.25, 0.3) is 0 Å². The Labute approximate surface area is 231 Å². The number of rotatable bonds is 9. The van der Waals surface area contributed by atoms with Gasteiger partial charge in [-0.15, -0.1) is 11.8 Å². The molecule has 0 aliphatic carbocycles. The molecule has 9 heteroatoms. The van der Waals surface area contributed by atoms with Crippen molar-refractivity contribution in [3.63, 3.8) is 0 Å². The lowest BCUT2D eigenvalue weighted by molar-refractivity contribution is -0.114. The predicted molar refractivity (Wildman–Crippen MR) is 153 cm³/mol. The molecule has 0 atom stereocenters.